The number of aryl methyl sites for hydroxylation is 1. The second-order valence-electron chi connectivity index (χ2n) is 4.24. The van der Waals surface area contributed by atoms with Gasteiger partial charge in [0, 0.05) is 0 Å². The molecule has 1 fully saturated rings. The van der Waals surface area contributed by atoms with Gasteiger partial charge in [0.25, 0.3) is 0 Å². The zero-order valence-electron chi connectivity index (χ0n) is 8.97. The van der Waals surface area contributed by atoms with Crippen LogP contribution in [0.15, 0.2) is 0 Å². The summed E-state index contributed by atoms with van der Waals surface area (Å²) in [6, 6.07) is -0.543. The largest absolute Gasteiger partial charge is 0.480 e. The predicted octanol–water partition coefficient (Wildman–Crippen LogP) is 1.32. The smallest absolute Gasteiger partial charge is 0.328 e. The molecule has 0 saturated heterocycles. The molecule has 1 atom stereocenters. The number of rotatable bonds is 4. The van der Waals surface area contributed by atoms with Crippen molar-refractivity contribution in [2.45, 2.75) is 39.2 Å². The highest BCUT2D eigenvalue weighted by molar-refractivity contribution is 5.71. The lowest BCUT2D eigenvalue weighted by atomic mass is 10.1. The van der Waals surface area contributed by atoms with Crippen molar-refractivity contribution in [2.24, 2.45) is 5.92 Å². The standard InChI is InChI=1S/C10H15N3O2/c1-6-7(2)13(12-11-6)9(10(14)15)5-8-3-4-8/h8-9H,3-5H2,1-2H3,(H,14,15). The van der Waals surface area contributed by atoms with Crippen molar-refractivity contribution in [3.05, 3.63) is 11.4 Å². The van der Waals surface area contributed by atoms with Crippen LogP contribution in [0.4, 0.5) is 0 Å². The first-order chi connectivity index (χ1) is 7.09. The van der Waals surface area contributed by atoms with E-state index in [2.05, 4.69) is 10.3 Å². The van der Waals surface area contributed by atoms with Crippen molar-refractivity contribution in [2.75, 3.05) is 0 Å². The second kappa shape index (κ2) is 3.64. The zero-order valence-corrected chi connectivity index (χ0v) is 8.97. The van der Waals surface area contributed by atoms with Gasteiger partial charge in [0.05, 0.1) is 11.4 Å². The number of aromatic nitrogens is 3. The first-order valence-electron chi connectivity index (χ1n) is 5.20. The molecule has 1 aliphatic rings. The summed E-state index contributed by atoms with van der Waals surface area (Å²) in [7, 11) is 0. The fourth-order valence-electron chi connectivity index (χ4n) is 1.69. The monoisotopic (exact) mass is 209 g/mol. The molecule has 5 nitrogen and oxygen atoms in total. The van der Waals surface area contributed by atoms with Crippen LogP contribution in [0.2, 0.25) is 0 Å². The lowest BCUT2D eigenvalue weighted by Crippen LogP contribution is -2.22. The van der Waals surface area contributed by atoms with E-state index in [9.17, 15) is 4.79 Å². The highest BCUT2D eigenvalue weighted by Gasteiger charge is 2.31. The molecule has 15 heavy (non-hydrogen) atoms. The Morgan fingerprint density at radius 1 is 1.60 bits per heavy atom. The third-order valence-electron chi connectivity index (χ3n) is 2.99. The van der Waals surface area contributed by atoms with Crippen molar-refractivity contribution >= 4 is 5.97 Å². The summed E-state index contributed by atoms with van der Waals surface area (Å²) in [4.78, 5) is 11.1. The molecule has 0 radical (unpaired) electrons. The number of hydrogen-bond donors (Lipinski definition) is 1. The average Bonchev–Trinajstić information content (AvgIpc) is 2.94. The van der Waals surface area contributed by atoms with Gasteiger partial charge in [-0.3, -0.25) is 0 Å². The van der Waals surface area contributed by atoms with Crippen molar-refractivity contribution in [3.8, 4) is 0 Å². The highest BCUT2D eigenvalue weighted by atomic mass is 16.4. The molecule has 1 aromatic rings. The van der Waals surface area contributed by atoms with E-state index in [1.807, 2.05) is 13.8 Å². The minimum Gasteiger partial charge on any atom is -0.480 e. The van der Waals surface area contributed by atoms with Gasteiger partial charge in [-0.25, -0.2) is 9.48 Å². The maximum absolute atomic E-state index is 11.1. The summed E-state index contributed by atoms with van der Waals surface area (Å²) in [6.07, 6.45) is 2.98. The van der Waals surface area contributed by atoms with Crippen molar-refractivity contribution in [3.63, 3.8) is 0 Å². The third kappa shape index (κ3) is 2.00. The van der Waals surface area contributed by atoms with Crippen LogP contribution in [0.1, 0.15) is 36.7 Å². The van der Waals surface area contributed by atoms with E-state index in [1.54, 1.807) is 0 Å². The maximum atomic E-state index is 11.1. The predicted molar refractivity (Wildman–Crippen MR) is 53.5 cm³/mol. The van der Waals surface area contributed by atoms with Crippen molar-refractivity contribution in [1.29, 1.82) is 0 Å². The Hall–Kier alpha value is -1.39. The highest BCUT2D eigenvalue weighted by Crippen LogP contribution is 2.37. The quantitative estimate of drug-likeness (QED) is 0.812. The molecule has 0 bridgehead atoms. The van der Waals surface area contributed by atoms with E-state index in [0.29, 0.717) is 12.3 Å². The molecule has 1 unspecified atom stereocenters. The first-order valence-corrected chi connectivity index (χ1v) is 5.20. The molecule has 82 valence electrons. The van der Waals surface area contributed by atoms with E-state index in [4.69, 9.17) is 5.11 Å². The van der Waals surface area contributed by atoms with Gasteiger partial charge in [-0.2, -0.15) is 0 Å². The summed E-state index contributed by atoms with van der Waals surface area (Å²) in [6.45, 7) is 3.70. The molecule has 0 aliphatic heterocycles. The number of carboxylic acids is 1. The van der Waals surface area contributed by atoms with Gasteiger partial charge in [-0.05, 0) is 26.2 Å². The van der Waals surface area contributed by atoms with Crippen LogP contribution in [-0.4, -0.2) is 26.1 Å². The lowest BCUT2D eigenvalue weighted by molar-refractivity contribution is -0.141. The van der Waals surface area contributed by atoms with Gasteiger partial charge in [0.1, 0.15) is 0 Å². The summed E-state index contributed by atoms with van der Waals surface area (Å²) < 4.78 is 1.54. The van der Waals surface area contributed by atoms with Gasteiger partial charge < -0.3 is 5.11 Å². The number of hydrogen-bond acceptors (Lipinski definition) is 3. The van der Waals surface area contributed by atoms with Crippen LogP contribution >= 0.6 is 0 Å². The molecular weight excluding hydrogens is 194 g/mol. The van der Waals surface area contributed by atoms with Gasteiger partial charge in [-0.1, -0.05) is 18.1 Å². The summed E-state index contributed by atoms with van der Waals surface area (Å²) in [5, 5.41) is 16.9. The van der Waals surface area contributed by atoms with Crippen LogP contribution < -0.4 is 0 Å². The normalized spacial score (nSPS) is 17.7. The van der Waals surface area contributed by atoms with Gasteiger partial charge >= 0.3 is 5.97 Å². The lowest BCUT2D eigenvalue weighted by Gasteiger charge is -2.13. The Labute approximate surface area is 88.1 Å². The van der Waals surface area contributed by atoms with E-state index in [0.717, 1.165) is 24.2 Å². The molecule has 0 aromatic carbocycles. The van der Waals surface area contributed by atoms with Crippen molar-refractivity contribution in [1.82, 2.24) is 15.0 Å². The van der Waals surface area contributed by atoms with Gasteiger partial charge in [0.15, 0.2) is 6.04 Å². The third-order valence-corrected chi connectivity index (χ3v) is 2.99. The van der Waals surface area contributed by atoms with Crippen LogP contribution in [-0.2, 0) is 4.79 Å². The molecule has 1 N–H and O–H groups in total. The Balaban J connectivity index is 2.22. The van der Waals surface area contributed by atoms with Crippen LogP contribution in [0, 0.1) is 19.8 Å². The average molecular weight is 209 g/mol. The molecule has 2 rings (SSSR count). The molecule has 0 spiro atoms. The number of carboxylic acid groups (broad SMARTS) is 1. The van der Waals surface area contributed by atoms with E-state index in [-0.39, 0.29) is 0 Å². The number of aliphatic carboxylic acids is 1. The molecule has 1 aromatic heterocycles. The first kappa shape index (κ1) is 10.1. The van der Waals surface area contributed by atoms with Gasteiger partial charge in [-0.15, -0.1) is 5.10 Å². The summed E-state index contributed by atoms with van der Waals surface area (Å²) in [5.41, 5.74) is 1.65. The molecule has 1 aliphatic carbocycles. The Morgan fingerprint density at radius 2 is 2.27 bits per heavy atom. The number of nitrogens with zero attached hydrogens (tertiary/aromatic N) is 3. The van der Waals surface area contributed by atoms with E-state index < -0.39 is 12.0 Å². The summed E-state index contributed by atoms with van der Waals surface area (Å²) >= 11 is 0. The van der Waals surface area contributed by atoms with Crippen LogP contribution in [0.5, 0.6) is 0 Å². The van der Waals surface area contributed by atoms with Crippen LogP contribution in [0.25, 0.3) is 0 Å². The zero-order chi connectivity index (χ0) is 11.0. The fraction of sp³-hybridized carbons (Fsp3) is 0.700. The Bertz CT molecular complexity index is 382. The second-order valence-corrected chi connectivity index (χ2v) is 4.24. The number of carbonyl (C=O) groups is 1. The minimum absolute atomic E-state index is 0.543. The molecule has 0 amide bonds. The van der Waals surface area contributed by atoms with E-state index >= 15 is 0 Å². The minimum atomic E-state index is -0.810. The molecular formula is C10H15N3O2. The van der Waals surface area contributed by atoms with Gasteiger partial charge in [0.2, 0.25) is 0 Å². The van der Waals surface area contributed by atoms with Crippen molar-refractivity contribution < 1.29 is 9.90 Å². The topological polar surface area (TPSA) is 68.0 Å². The Kier molecular flexibility index (Phi) is 2.46. The Morgan fingerprint density at radius 3 is 2.67 bits per heavy atom. The molecule has 5 heteroatoms. The molecule has 1 heterocycles. The summed E-state index contributed by atoms with van der Waals surface area (Å²) in [5.74, 6) is -0.245. The maximum Gasteiger partial charge on any atom is 0.328 e. The fourth-order valence-corrected chi connectivity index (χ4v) is 1.69. The SMILES string of the molecule is Cc1nnn(C(CC2CC2)C(=O)O)c1C. The molecule has 1 saturated carbocycles. The van der Waals surface area contributed by atoms with E-state index in [1.165, 1.54) is 4.68 Å². The van der Waals surface area contributed by atoms with Crippen LogP contribution in [0.3, 0.4) is 0 Å².